The number of hydrogen-bond donors (Lipinski definition) is 3. The molecule has 8 heteroatoms. The number of aromatic hydroxyl groups is 1. The van der Waals surface area contributed by atoms with Gasteiger partial charge in [0, 0.05) is 32.2 Å². The lowest BCUT2D eigenvalue weighted by Gasteiger charge is -2.25. The van der Waals surface area contributed by atoms with E-state index in [1.54, 1.807) is 36.3 Å². The Balaban J connectivity index is 2.11. The van der Waals surface area contributed by atoms with Crippen LogP contribution in [0.2, 0.25) is 0 Å². The van der Waals surface area contributed by atoms with Gasteiger partial charge in [0.25, 0.3) is 5.91 Å². The van der Waals surface area contributed by atoms with E-state index < -0.39 is 5.91 Å². The van der Waals surface area contributed by atoms with Gasteiger partial charge in [0.15, 0.2) is 11.5 Å². The number of likely N-dealkylation sites (N-methyl/N-ethyl adjacent to an activating group) is 2. The summed E-state index contributed by atoms with van der Waals surface area (Å²) in [6, 6.07) is 13.1. The molecule has 0 bridgehead atoms. The molecule has 0 unspecified atom stereocenters. The van der Waals surface area contributed by atoms with Gasteiger partial charge < -0.3 is 24.4 Å². The first kappa shape index (κ1) is 24.0. The van der Waals surface area contributed by atoms with Crippen molar-refractivity contribution in [1.29, 1.82) is 0 Å². The first-order valence-corrected chi connectivity index (χ1v) is 10.1. The fourth-order valence-electron chi connectivity index (χ4n) is 3.10. The third-order valence-electron chi connectivity index (χ3n) is 4.80. The van der Waals surface area contributed by atoms with Gasteiger partial charge in [-0.2, -0.15) is 0 Å². The van der Waals surface area contributed by atoms with Crippen molar-refractivity contribution in [2.24, 2.45) is 5.84 Å². The Morgan fingerprint density at radius 2 is 1.94 bits per heavy atom. The number of carbonyl (C=O) groups excluding carboxylic acids is 1. The Morgan fingerprint density at radius 1 is 1.19 bits per heavy atom. The maximum absolute atomic E-state index is 12.4. The molecule has 2 aromatic carbocycles. The standard InChI is InChI=1S/C23H32N4O4/c1-5-31-21-11-7-9-18(22(21)28)15-20(23(29)25-24)27(3)13-12-26(2)16-17-8-6-10-19(14-17)30-4/h6-11,14-15,28H,5,12-13,16,24H2,1-4H3,(H,25,29)/b20-15+. The Labute approximate surface area is 183 Å². The molecule has 0 heterocycles. The van der Waals surface area contributed by atoms with Gasteiger partial charge in [0.1, 0.15) is 11.4 Å². The van der Waals surface area contributed by atoms with Crippen LogP contribution in [0.1, 0.15) is 18.1 Å². The second-order valence-corrected chi connectivity index (χ2v) is 7.14. The maximum atomic E-state index is 12.4. The summed E-state index contributed by atoms with van der Waals surface area (Å²) < 4.78 is 10.7. The van der Waals surface area contributed by atoms with Crippen molar-refractivity contribution in [3.05, 3.63) is 59.3 Å². The molecule has 31 heavy (non-hydrogen) atoms. The normalized spacial score (nSPS) is 11.4. The maximum Gasteiger partial charge on any atom is 0.281 e. The lowest BCUT2D eigenvalue weighted by Crippen LogP contribution is -2.39. The Hall–Kier alpha value is -3.23. The van der Waals surface area contributed by atoms with Crippen LogP contribution in [-0.2, 0) is 11.3 Å². The van der Waals surface area contributed by atoms with E-state index in [0.29, 0.717) is 36.7 Å². The molecule has 0 saturated carbocycles. The summed E-state index contributed by atoms with van der Waals surface area (Å²) in [6.07, 6.45) is 1.60. The molecule has 0 aliphatic carbocycles. The molecule has 0 atom stereocenters. The monoisotopic (exact) mass is 428 g/mol. The predicted octanol–water partition coefficient (Wildman–Crippen LogP) is 2.19. The van der Waals surface area contributed by atoms with E-state index in [1.807, 2.05) is 45.3 Å². The van der Waals surface area contributed by atoms with Crippen LogP contribution < -0.4 is 20.7 Å². The number of para-hydroxylation sites is 1. The molecule has 0 aromatic heterocycles. The predicted molar refractivity (Wildman–Crippen MR) is 122 cm³/mol. The van der Waals surface area contributed by atoms with Crippen LogP contribution in [0.4, 0.5) is 0 Å². The third kappa shape index (κ3) is 6.91. The fraction of sp³-hybridized carbons (Fsp3) is 0.348. The number of methoxy groups -OCH3 is 1. The number of ether oxygens (including phenoxy) is 2. The zero-order chi connectivity index (χ0) is 22.8. The second-order valence-electron chi connectivity index (χ2n) is 7.14. The number of phenols is 1. The van der Waals surface area contributed by atoms with Gasteiger partial charge in [-0.3, -0.25) is 10.2 Å². The highest BCUT2D eigenvalue weighted by Gasteiger charge is 2.16. The van der Waals surface area contributed by atoms with Gasteiger partial charge in [-0.15, -0.1) is 0 Å². The molecular formula is C23H32N4O4. The summed E-state index contributed by atoms with van der Waals surface area (Å²) in [5.74, 6) is 6.11. The van der Waals surface area contributed by atoms with Crippen LogP contribution in [-0.4, -0.2) is 61.7 Å². The van der Waals surface area contributed by atoms with E-state index in [9.17, 15) is 9.90 Å². The first-order chi connectivity index (χ1) is 14.9. The van der Waals surface area contributed by atoms with Crippen molar-refractivity contribution >= 4 is 12.0 Å². The highest BCUT2D eigenvalue weighted by Crippen LogP contribution is 2.31. The number of nitrogens with two attached hydrogens (primary N) is 1. The van der Waals surface area contributed by atoms with Crippen molar-refractivity contribution in [3.8, 4) is 17.2 Å². The minimum Gasteiger partial charge on any atom is -0.504 e. The fourth-order valence-corrected chi connectivity index (χ4v) is 3.10. The number of rotatable bonds is 11. The molecule has 0 aliphatic heterocycles. The summed E-state index contributed by atoms with van der Waals surface area (Å²) >= 11 is 0. The van der Waals surface area contributed by atoms with E-state index in [0.717, 1.165) is 17.9 Å². The lowest BCUT2D eigenvalue weighted by molar-refractivity contribution is -0.118. The van der Waals surface area contributed by atoms with Gasteiger partial charge >= 0.3 is 0 Å². The molecule has 0 fully saturated rings. The van der Waals surface area contributed by atoms with Crippen LogP contribution in [0.15, 0.2) is 48.2 Å². The van der Waals surface area contributed by atoms with Crippen LogP contribution >= 0.6 is 0 Å². The number of carbonyl (C=O) groups is 1. The number of hydrazine groups is 1. The lowest BCUT2D eigenvalue weighted by atomic mass is 10.1. The highest BCUT2D eigenvalue weighted by atomic mass is 16.5. The van der Waals surface area contributed by atoms with Gasteiger partial charge in [-0.25, -0.2) is 5.84 Å². The van der Waals surface area contributed by atoms with Gasteiger partial charge in [-0.1, -0.05) is 24.3 Å². The number of phenolic OH excluding ortho intramolecular Hbond substituents is 1. The molecule has 0 radical (unpaired) electrons. The number of nitrogens with one attached hydrogen (secondary N) is 1. The molecule has 0 spiro atoms. The number of amides is 1. The summed E-state index contributed by atoms with van der Waals surface area (Å²) in [5.41, 5.74) is 4.12. The summed E-state index contributed by atoms with van der Waals surface area (Å²) in [7, 11) is 5.47. The van der Waals surface area contributed by atoms with E-state index >= 15 is 0 Å². The van der Waals surface area contributed by atoms with E-state index in [1.165, 1.54) is 0 Å². The van der Waals surface area contributed by atoms with Gasteiger partial charge in [-0.05, 0) is 43.8 Å². The molecule has 2 rings (SSSR count). The molecule has 0 saturated heterocycles. The Kier molecular flexibility index (Phi) is 9.17. The van der Waals surface area contributed by atoms with E-state index in [4.69, 9.17) is 15.3 Å². The zero-order valence-corrected chi connectivity index (χ0v) is 18.6. The molecule has 168 valence electrons. The topological polar surface area (TPSA) is 100 Å². The largest absolute Gasteiger partial charge is 0.504 e. The van der Waals surface area contributed by atoms with Crippen molar-refractivity contribution in [2.45, 2.75) is 13.5 Å². The van der Waals surface area contributed by atoms with Crippen molar-refractivity contribution in [2.75, 3.05) is 40.9 Å². The molecular weight excluding hydrogens is 396 g/mol. The Morgan fingerprint density at radius 3 is 2.61 bits per heavy atom. The average Bonchev–Trinajstić information content (AvgIpc) is 2.77. The average molecular weight is 429 g/mol. The van der Waals surface area contributed by atoms with E-state index in [2.05, 4.69) is 10.3 Å². The van der Waals surface area contributed by atoms with Gasteiger partial charge in [0.2, 0.25) is 0 Å². The van der Waals surface area contributed by atoms with Crippen LogP contribution in [0.25, 0.3) is 6.08 Å². The molecule has 1 amide bonds. The minimum absolute atomic E-state index is 0.0183. The molecule has 8 nitrogen and oxygen atoms in total. The van der Waals surface area contributed by atoms with Crippen LogP contribution in [0.3, 0.4) is 0 Å². The Bertz CT molecular complexity index is 901. The SMILES string of the molecule is CCOc1cccc(/C=C(\C(=O)NN)N(C)CCN(C)Cc2cccc(OC)c2)c1O. The first-order valence-electron chi connectivity index (χ1n) is 10.1. The zero-order valence-electron chi connectivity index (χ0n) is 18.6. The minimum atomic E-state index is -0.445. The summed E-state index contributed by atoms with van der Waals surface area (Å²) in [4.78, 5) is 16.4. The van der Waals surface area contributed by atoms with Crippen molar-refractivity contribution in [1.82, 2.24) is 15.2 Å². The molecule has 0 aliphatic rings. The van der Waals surface area contributed by atoms with Crippen LogP contribution in [0, 0.1) is 0 Å². The third-order valence-corrected chi connectivity index (χ3v) is 4.80. The molecule has 2 aromatic rings. The quantitative estimate of drug-likeness (QED) is 0.218. The van der Waals surface area contributed by atoms with Gasteiger partial charge in [0.05, 0.1) is 13.7 Å². The number of nitrogens with zero attached hydrogens (tertiary/aromatic N) is 2. The number of benzene rings is 2. The van der Waals surface area contributed by atoms with Crippen LogP contribution in [0.5, 0.6) is 17.2 Å². The summed E-state index contributed by atoms with van der Waals surface area (Å²) in [5, 5.41) is 10.5. The van der Waals surface area contributed by atoms with E-state index in [-0.39, 0.29) is 5.75 Å². The molecule has 4 N–H and O–H groups in total. The number of hydrogen-bond acceptors (Lipinski definition) is 7. The highest BCUT2D eigenvalue weighted by molar-refractivity contribution is 5.97. The van der Waals surface area contributed by atoms with Crippen molar-refractivity contribution in [3.63, 3.8) is 0 Å². The summed E-state index contributed by atoms with van der Waals surface area (Å²) in [6.45, 7) is 4.28. The smallest absolute Gasteiger partial charge is 0.281 e. The van der Waals surface area contributed by atoms with Crippen molar-refractivity contribution < 1.29 is 19.4 Å². The second kappa shape index (κ2) is 11.8.